The molecule has 1 heterocycles. The summed E-state index contributed by atoms with van der Waals surface area (Å²) in [5.41, 5.74) is 7.85. The van der Waals surface area contributed by atoms with Crippen LogP contribution >= 0.6 is 0 Å². The van der Waals surface area contributed by atoms with Gasteiger partial charge in [-0.1, -0.05) is 32.0 Å². The normalized spacial score (nSPS) is 22.2. The van der Waals surface area contributed by atoms with Gasteiger partial charge >= 0.3 is 0 Å². The average molecular weight is 262 g/mol. The quantitative estimate of drug-likeness (QED) is 0.907. The van der Waals surface area contributed by atoms with Gasteiger partial charge < -0.3 is 10.5 Å². The molecule has 2 N–H and O–H groups in total. The van der Waals surface area contributed by atoms with E-state index in [2.05, 4.69) is 37.8 Å². The highest BCUT2D eigenvalue weighted by Crippen LogP contribution is 2.38. The fraction of sp³-hybridized carbons (Fsp3) is 0.625. The molecule has 1 fully saturated rings. The predicted molar refractivity (Wildman–Crippen MR) is 79.4 cm³/mol. The van der Waals surface area contributed by atoms with Crippen LogP contribution < -0.4 is 10.5 Å². The van der Waals surface area contributed by atoms with Crippen molar-refractivity contribution in [3.8, 4) is 5.75 Å². The van der Waals surface area contributed by atoms with Crippen LogP contribution in [0, 0.1) is 5.41 Å². The number of hydrogen-bond acceptors (Lipinski definition) is 3. The van der Waals surface area contributed by atoms with Crippen LogP contribution in [-0.4, -0.2) is 31.1 Å². The highest BCUT2D eigenvalue weighted by Gasteiger charge is 2.36. The molecule has 106 valence electrons. The maximum absolute atomic E-state index is 6.26. The van der Waals surface area contributed by atoms with Crippen LogP contribution in [-0.2, 0) is 0 Å². The van der Waals surface area contributed by atoms with Crippen LogP contribution in [0.25, 0.3) is 0 Å². The molecule has 2 rings (SSSR count). The van der Waals surface area contributed by atoms with E-state index in [-0.39, 0.29) is 12.1 Å². The van der Waals surface area contributed by atoms with Gasteiger partial charge in [0.1, 0.15) is 5.75 Å². The van der Waals surface area contributed by atoms with Crippen LogP contribution in [0.2, 0.25) is 0 Å². The summed E-state index contributed by atoms with van der Waals surface area (Å²) in [5.74, 6) is 0.939. The minimum Gasteiger partial charge on any atom is -0.496 e. The lowest BCUT2D eigenvalue weighted by atomic mass is 9.92. The lowest BCUT2D eigenvalue weighted by Gasteiger charge is -2.33. The van der Waals surface area contributed by atoms with E-state index in [1.165, 1.54) is 12.0 Å². The molecule has 0 amide bonds. The van der Waals surface area contributed by atoms with Crippen molar-refractivity contribution < 1.29 is 4.74 Å². The number of nitrogens with two attached hydrogens (primary N) is 1. The topological polar surface area (TPSA) is 38.5 Å². The molecule has 2 unspecified atom stereocenters. The highest BCUT2D eigenvalue weighted by atomic mass is 16.5. The molecule has 1 aromatic rings. The van der Waals surface area contributed by atoms with E-state index in [1.807, 2.05) is 12.1 Å². The number of ether oxygens (including phenoxy) is 1. The Morgan fingerprint density at radius 1 is 1.32 bits per heavy atom. The van der Waals surface area contributed by atoms with Crippen molar-refractivity contribution in [1.82, 2.24) is 4.90 Å². The molecule has 3 heteroatoms. The van der Waals surface area contributed by atoms with Gasteiger partial charge in [0.05, 0.1) is 13.2 Å². The number of benzene rings is 1. The molecule has 19 heavy (non-hydrogen) atoms. The highest BCUT2D eigenvalue weighted by molar-refractivity contribution is 5.37. The number of para-hydroxylation sites is 1. The fourth-order valence-electron chi connectivity index (χ4n) is 3.11. The molecule has 0 saturated carbocycles. The molecule has 0 aliphatic carbocycles. The molecule has 0 spiro atoms. The lowest BCUT2D eigenvalue weighted by molar-refractivity contribution is 0.193. The third-order valence-corrected chi connectivity index (χ3v) is 4.06. The van der Waals surface area contributed by atoms with Gasteiger partial charge in [0.15, 0.2) is 0 Å². The first kappa shape index (κ1) is 14.4. The van der Waals surface area contributed by atoms with Crippen molar-refractivity contribution in [2.24, 2.45) is 11.1 Å². The third kappa shape index (κ3) is 3.10. The monoisotopic (exact) mass is 262 g/mol. The third-order valence-electron chi connectivity index (χ3n) is 4.06. The SMILES string of the molecule is COc1ccccc1C(C(C)N)N1CCC(C)(C)C1. The Hall–Kier alpha value is -1.06. The van der Waals surface area contributed by atoms with E-state index in [0.29, 0.717) is 5.41 Å². The minimum atomic E-state index is 0.0881. The number of hydrogen-bond donors (Lipinski definition) is 1. The second kappa shape index (κ2) is 5.51. The van der Waals surface area contributed by atoms with E-state index in [1.54, 1.807) is 7.11 Å². The summed E-state index contributed by atoms with van der Waals surface area (Å²) in [7, 11) is 1.73. The zero-order chi connectivity index (χ0) is 14.0. The van der Waals surface area contributed by atoms with E-state index < -0.39 is 0 Å². The van der Waals surface area contributed by atoms with Crippen molar-refractivity contribution in [2.45, 2.75) is 39.3 Å². The largest absolute Gasteiger partial charge is 0.496 e. The van der Waals surface area contributed by atoms with Gasteiger partial charge in [0.2, 0.25) is 0 Å². The number of likely N-dealkylation sites (tertiary alicyclic amines) is 1. The van der Waals surface area contributed by atoms with Crippen molar-refractivity contribution in [3.05, 3.63) is 29.8 Å². The average Bonchev–Trinajstić information content (AvgIpc) is 2.70. The van der Waals surface area contributed by atoms with Gasteiger partial charge in [0, 0.05) is 18.2 Å². The molecule has 1 aliphatic rings. The van der Waals surface area contributed by atoms with Crippen molar-refractivity contribution in [3.63, 3.8) is 0 Å². The molecule has 0 aromatic heterocycles. The second-order valence-electron chi connectivity index (χ2n) is 6.43. The first-order valence-corrected chi connectivity index (χ1v) is 7.07. The lowest BCUT2D eigenvalue weighted by Crippen LogP contribution is -2.39. The molecule has 1 saturated heterocycles. The molecule has 0 bridgehead atoms. The molecular weight excluding hydrogens is 236 g/mol. The smallest absolute Gasteiger partial charge is 0.123 e. The Morgan fingerprint density at radius 2 is 2.00 bits per heavy atom. The molecule has 1 aliphatic heterocycles. The fourth-order valence-corrected chi connectivity index (χ4v) is 3.11. The van der Waals surface area contributed by atoms with Crippen LogP contribution in [0.4, 0.5) is 0 Å². The predicted octanol–water partition coefficient (Wildman–Crippen LogP) is 2.82. The van der Waals surface area contributed by atoms with Gasteiger partial charge in [0.25, 0.3) is 0 Å². The number of rotatable bonds is 4. The van der Waals surface area contributed by atoms with Crippen molar-refractivity contribution in [1.29, 1.82) is 0 Å². The van der Waals surface area contributed by atoms with Crippen molar-refractivity contribution >= 4 is 0 Å². The summed E-state index contributed by atoms with van der Waals surface area (Å²) in [4.78, 5) is 2.50. The zero-order valence-electron chi connectivity index (χ0n) is 12.5. The first-order valence-electron chi connectivity index (χ1n) is 7.07. The zero-order valence-corrected chi connectivity index (χ0v) is 12.5. The van der Waals surface area contributed by atoms with E-state index >= 15 is 0 Å². The summed E-state index contributed by atoms with van der Waals surface area (Å²) in [6.45, 7) is 8.94. The summed E-state index contributed by atoms with van der Waals surface area (Å²) >= 11 is 0. The number of nitrogens with zero attached hydrogens (tertiary/aromatic N) is 1. The molecule has 1 aromatic carbocycles. The summed E-state index contributed by atoms with van der Waals surface area (Å²) < 4.78 is 5.51. The van der Waals surface area contributed by atoms with E-state index in [9.17, 15) is 0 Å². The van der Waals surface area contributed by atoms with Gasteiger partial charge in [-0.25, -0.2) is 0 Å². The van der Waals surface area contributed by atoms with Crippen LogP contribution in [0.15, 0.2) is 24.3 Å². The van der Waals surface area contributed by atoms with Crippen LogP contribution in [0.5, 0.6) is 5.75 Å². The molecule has 2 atom stereocenters. The van der Waals surface area contributed by atoms with Gasteiger partial charge in [-0.05, 0) is 31.4 Å². The number of methoxy groups -OCH3 is 1. The summed E-state index contributed by atoms with van der Waals surface area (Å²) in [5, 5.41) is 0. The standard InChI is InChI=1S/C16H26N2O/c1-12(17)15(18-10-9-16(2,3)11-18)13-7-5-6-8-14(13)19-4/h5-8,12,15H,9-11,17H2,1-4H3. The Balaban J connectivity index is 2.31. The van der Waals surface area contributed by atoms with Gasteiger partial charge in [-0.15, -0.1) is 0 Å². The Morgan fingerprint density at radius 3 is 2.53 bits per heavy atom. The van der Waals surface area contributed by atoms with Gasteiger partial charge in [-0.3, -0.25) is 4.90 Å². The molecule has 0 radical (unpaired) electrons. The van der Waals surface area contributed by atoms with E-state index in [0.717, 1.165) is 18.8 Å². The summed E-state index contributed by atoms with van der Waals surface area (Å²) in [6.07, 6.45) is 1.23. The van der Waals surface area contributed by atoms with Crippen LogP contribution in [0.3, 0.4) is 0 Å². The maximum atomic E-state index is 6.26. The van der Waals surface area contributed by atoms with E-state index in [4.69, 9.17) is 10.5 Å². The van der Waals surface area contributed by atoms with Gasteiger partial charge in [-0.2, -0.15) is 0 Å². The summed E-state index contributed by atoms with van der Waals surface area (Å²) in [6, 6.07) is 8.55. The Bertz CT molecular complexity index is 429. The van der Waals surface area contributed by atoms with Crippen LogP contribution in [0.1, 0.15) is 38.8 Å². The molecule has 3 nitrogen and oxygen atoms in total. The Labute approximate surface area is 116 Å². The molecular formula is C16H26N2O. The minimum absolute atomic E-state index is 0.0881. The Kier molecular flexibility index (Phi) is 4.16. The second-order valence-corrected chi connectivity index (χ2v) is 6.43. The maximum Gasteiger partial charge on any atom is 0.123 e. The first-order chi connectivity index (χ1) is 8.94. The van der Waals surface area contributed by atoms with Crippen molar-refractivity contribution in [2.75, 3.05) is 20.2 Å².